The van der Waals surface area contributed by atoms with Crippen LogP contribution in [0.2, 0.25) is 0 Å². The first kappa shape index (κ1) is 20.2. The van der Waals surface area contributed by atoms with E-state index in [-0.39, 0.29) is 11.8 Å². The van der Waals surface area contributed by atoms with Gasteiger partial charge in [-0.3, -0.25) is 9.59 Å². The highest BCUT2D eigenvalue weighted by Crippen LogP contribution is 2.28. The van der Waals surface area contributed by atoms with E-state index < -0.39 is 0 Å². The lowest BCUT2D eigenvalue weighted by atomic mass is 10.1. The molecular weight excluding hydrogens is 424 g/mol. The number of carbonyl (C=O) groups excluding carboxylic acids is 2. The van der Waals surface area contributed by atoms with E-state index in [1.807, 2.05) is 29.2 Å². The van der Waals surface area contributed by atoms with E-state index in [4.69, 9.17) is 9.47 Å². The van der Waals surface area contributed by atoms with Gasteiger partial charge in [0.05, 0.1) is 14.2 Å². The van der Waals surface area contributed by atoms with Gasteiger partial charge < -0.3 is 19.3 Å². The van der Waals surface area contributed by atoms with Crippen LogP contribution >= 0.6 is 15.9 Å². The van der Waals surface area contributed by atoms with Crippen molar-refractivity contribution in [2.24, 2.45) is 0 Å². The Morgan fingerprint density at radius 3 is 1.89 bits per heavy atom. The summed E-state index contributed by atoms with van der Waals surface area (Å²) in [4.78, 5) is 29.3. The molecule has 1 saturated heterocycles. The minimum absolute atomic E-state index is 0.00656. The van der Waals surface area contributed by atoms with Gasteiger partial charge in [0.2, 0.25) is 0 Å². The molecule has 148 valence electrons. The number of carbonyl (C=O) groups is 2. The van der Waals surface area contributed by atoms with E-state index in [1.54, 1.807) is 37.3 Å². The standard InChI is InChI=1S/C21H23BrN2O4/c1-27-18-9-6-16(14-19(18)28-2)21(26)24-11-3-10-23(12-13-24)20(25)15-4-7-17(22)8-5-15/h4-9,14H,3,10-13H2,1-2H3. The third-order valence-corrected chi connectivity index (χ3v) is 5.32. The van der Waals surface area contributed by atoms with Crippen LogP contribution in [0.15, 0.2) is 46.9 Å². The molecule has 0 radical (unpaired) electrons. The van der Waals surface area contributed by atoms with Crippen LogP contribution in [0.4, 0.5) is 0 Å². The molecule has 2 aromatic carbocycles. The lowest BCUT2D eigenvalue weighted by Gasteiger charge is -2.22. The number of hydrogen-bond donors (Lipinski definition) is 0. The molecule has 1 aliphatic rings. The van der Waals surface area contributed by atoms with Crippen LogP contribution in [0.3, 0.4) is 0 Å². The monoisotopic (exact) mass is 446 g/mol. The Kier molecular flexibility index (Phi) is 6.57. The van der Waals surface area contributed by atoms with Crippen LogP contribution in [0.5, 0.6) is 11.5 Å². The van der Waals surface area contributed by atoms with E-state index >= 15 is 0 Å². The zero-order valence-corrected chi connectivity index (χ0v) is 17.6. The molecule has 0 bridgehead atoms. The van der Waals surface area contributed by atoms with Gasteiger partial charge in [-0.2, -0.15) is 0 Å². The van der Waals surface area contributed by atoms with Crippen LogP contribution in [-0.4, -0.2) is 62.0 Å². The maximum Gasteiger partial charge on any atom is 0.254 e. The molecule has 0 N–H and O–H groups in total. The van der Waals surface area contributed by atoms with Crippen molar-refractivity contribution in [3.05, 3.63) is 58.1 Å². The zero-order valence-electron chi connectivity index (χ0n) is 16.0. The lowest BCUT2D eigenvalue weighted by Crippen LogP contribution is -2.37. The molecule has 0 spiro atoms. The molecule has 1 fully saturated rings. The summed E-state index contributed by atoms with van der Waals surface area (Å²) >= 11 is 3.38. The van der Waals surface area contributed by atoms with Crippen LogP contribution in [0.25, 0.3) is 0 Å². The summed E-state index contributed by atoms with van der Waals surface area (Å²) < 4.78 is 11.5. The van der Waals surface area contributed by atoms with Crippen molar-refractivity contribution in [3.8, 4) is 11.5 Å². The Morgan fingerprint density at radius 1 is 0.786 bits per heavy atom. The van der Waals surface area contributed by atoms with Crippen molar-refractivity contribution in [3.63, 3.8) is 0 Å². The van der Waals surface area contributed by atoms with Gasteiger partial charge in [-0.25, -0.2) is 0 Å². The zero-order chi connectivity index (χ0) is 20.1. The normalized spacial score (nSPS) is 14.4. The molecular formula is C21H23BrN2O4. The van der Waals surface area contributed by atoms with Gasteiger partial charge in [-0.15, -0.1) is 0 Å². The molecule has 0 saturated carbocycles. The fourth-order valence-electron chi connectivity index (χ4n) is 3.25. The number of benzene rings is 2. The first-order valence-electron chi connectivity index (χ1n) is 9.09. The summed E-state index contributed by atoms with van der Waals surface area (Å²) in [5, 5.41) is 0. The molecule has 0 atom stereocenters. The highest BCUT2D eigenvalue weighted by Gasteiger charge is 2.24. The van der Waals surface area contributed by atoms with Gasteiger partial charge in [0.25, 0.3) is 11.8 Å². The smallest absolute Gasteiger partial charge is 0.254 e. The third-order valence-electron chi connectivity index (χ3n) is 4.79. The van der Waals surface area contributed by atoms with E-state index in [2.05, 4.69) is 15.9 Å². The number of nitrogens with zero attached hydrogens (tertiary/aromatic N) is 2. The lowest BCUT2D eigenvalue weighted by molar-refractivity contribution is 0.0718. The predicted molar refractivity (Wildman–Crippen MR) is 110 cm³/mol. The van der Waals surface area contributed by atoms with E-state index in [0.29, 0.717) is 48.8 Å². The average molecular weight is 447 g/mol. The highest BCUT2D eigenvalue weighted by atomic mass is 79.9. The SMILES string of the molecule is COc1ccc(C(=O)N2CCCN(C(=O)c3ccc(Br)cc3)CC2)cc1OC. The van der Waals surface area contributed by atoms with E-state index in [9.17, 15) is 9.59 Å². The fourth-order valence-corrected chi connectivity index (χ4v) is 3.51. The Hall–Kier alpha value is -2.54. The maximum absolute atomic E-state index is 12.9. The van der Waals surface area contributed by atoms with Gasteiger partial charge in [0.1, 0.15) is 0 Å². The fraction of sp³-hybridized carbons (Fsp3) is 0.333. The van der Waals surface area contributed by atoms with Crippen molar-refractivity contribution in [2.45, 2.75) is 6.42 Å². The van der Waals surface area contributed by atoms with E-state index in [0.717, 1.165) is 10.9 Å². The first-order valence-corrected chi connectivity index (χ1v) is 9.89. The summed E-state index contributed by atoms with van der Waals surface area (Å²) in [6.07, 6.45) is 0.737. The maximum atomic E-state index is 12.9. The topological polar surface area (TPSA) is 59.1 Å². The second-order valence-corrected chi connectivity index (χ2v) is 7.43. The molecule has 0 aliphatic carbocycles. The Labute approximate surface area is 173 Å². The molecule has 6 nitrogen and oxygen atoms in total. The third kappa shape index (κ3) is 4.47. The van der Waals surface area contributed by atoms with Crippen molar-refractivity contribution < 1.29 is 19.1 Å². The molecule has 2 aromatic rings. The minimum atomic E-state index is -0.0705. The van der Waals surface area contributed by atoms with E-state index in [1.165, 1.54) is 0 Å². The van der Waals surface area contributed by atoms with Crippen molar-refractivity contribution in [1.29, 1.82) is 0 Å². The van der Waals surface area contributed by atoms with Crippen LogP contribution in [0.1, 0.15) is 27.1 Å². The summed E-state index contributed by atoms with van der Waals surface area (Å²) in [6.45, 7) is 2.24. The number of ether oxygens (including phenoxy) is 2. The molecule has 0 aromatic heterocycles. The molecule has 2 amide bonds. The summed E-state index contributed by atoms with van der Waals surface area (Å²) in [7, 11) is 3.11. The van der Waals surface area contributed by atoms with Gasteiger partial charge in [0, 0.05) is 41.8 Å². The number of amides is 2. The van der Waals surface area contributed by atoms with Crippen LogP contribution < -0.4 is 9.47 Å². The van der Waals surface area contributed by atoms with Crippen molar-refractivity contribution in [1.82, 2.24) is 9.80 Å². The Bertz CT molecular complexity index is 854. The Morgan fingerprint density at radius 2 is 1.32 bits per heavy atom. The van der Waals surface area contributed by atoms with Crippen LogP contribution in [-0.2, 0) is 0 Å². The number of rotatable bonds is 4. The predicted octanol–water partition coefficient (Wildman–Crippen LogP) is 3.45. The molecule has 1 heterocycles. The molecule has 28 heavy (non-hydrogen) atoms. The quantitative estimate of drug-likeness (QED) is 0.721. The summed E-state index contributed by atoms with van der Waals surface area (Å²) in [5.74, 6) is 1.03. The molecule has 0 unspecified atom stereocenters. The minimum Gasteiger partial charge on any atom is -0.493 e. The highest BCUT2D eigenvalue weighted by molar-refractivity contribution is 9.10. The van der Waals surface area contributed by atoms with Gasteiger partial charge in [-0.1, -0.05) is 15.9 Å². The molecule has 7 heteroatoms. The average Bonchev–Trinajstić information content (AvgIpc) is 2.99. The number of hydrogen-bond acceptors (Lipinski definition) is 4. The summed E-state index contributed by atoms with van der Waals surface area (Å²) in [5.41, 5.74) is 1.20. The second-order valence-electron chi connectivity index (χ2n) is 6.51. The van der Waals surface area contributed by atoms with Gasteiger partial charge in [-0.05, 0) is 48.9 Å². The van der Waals surface area contributed by atoms with Crippen molar-refractivity contribution in [2.75, 3.05) is 40.4 Å². The van der Waals surface area contributed by atoms with Gasteiger partial charge >= 0.3 is 0 Å². The van der Waals surface area contributed by atoms with Crippen molar-refractivity contribution >= 4 is 27.7 Å². The first-order chi connectivity index (χ1) is 13.5. The number of methoxy groups -OCH3 is 2. The van der Waals surface area contributed by atoms with Crippen LogP contribution in [0, 0.1) is 0 Å². The molecule has 1 aliphatic heterocycles. The largest absolute Gasteiger partial charge is 0.493 e. The second kappa shape index (κ2) is 9.10. The Balaban J connectivity index is 1.68. The molecule has 3 rings (SSSR count). The summed E-state index contributed by atoms with van der Waals surface area (Å²) in [6, 6.07) is 12.5. The number of halogens is 1. The van der Waals surface area contributed by atoms with Gasteiger partial charge in [0.15, 0.2) is 11.5 Å².